The molecule has 72 valence electrons. The Kier molecular flexibility index (Phi) is 1.64. The van der Waals surface area contributed by atoms with Crippen molar-refractivity contribution in [2.24, 2.45) is 5.73 Å². The number of para-hydroxylation sites is 1. The Morgan fingerprint density at radius 3 is 2.93 bits per heavy atom. The number of aromatic amines is 1. The molecule has 0 aliphatic heterocycles. The Bertz CT molecular complexity index is 466. The standard InChI is InChI=1S/C12H14N2/c13-7-10-3-1-2-9-6-11(8-4-5-8)14-12(9)10/h1-3,6,8,14H,4-5,7,13H2. The quantitative estimate of drug-likeness (QED) is 0.743. The van der Waals surface area contributed by atoms with Gasteiger partial charge in [-0.2, -0.15) is 0 Å². The van der Waals surface area contributed by atoms with Crippen molar-refractivity contribution in [2.45, 2.75) is 25.3 Å². The molecule has 0 unspecified atom stereocenters. The highest BCUT2D eigenvalue weighted by Gasteiger charge is 2.25. The second kappa shape index (κ2) is 2.85. The van der Waals surface area contributed by atoms with Gasteiger partial charge in [0.1, 0.15) is 0 Å². The van der Waals surface area contributed by atoms with E-state index >= 15 is 0 Å². The summed E-state index contributed by atoms with van der Waals surface area (Å²) in [5.74, 6) is 0.785. The van der Waals surface area contributed by atoms with E-state index in [0.717, 1.165) is 5.92 Å². The van der Waals surface area contributed by atoms with Gasteiger partial charge in [0.15, 0.2) is 0 Å². The Hall–Kier alpha value is -1.28. The van der Waals surface area contributed by atoms with Gasteiger partial charge in [-0.3, -0.25) is 0 Å². The third kappa shape index (κ3) is 1.15. The molecule has 0 atom stereocenters. The molecule has 3 rings (SSSR count). The van der Waals surface area contributed by atoms with E-state index in [-0.39, 0.29) is 0 Å². The van der Waals surface area contributed by atoms with Crippen molar-refractivity contribution in [3.05, 3.63) is 35.5 Å². The van der Waals surface area contributed by atoms with Gasteiger partial charge in [-0.05, 0) is 35.8 Å². The summed E-state index contributed by atoms with van der Waals surface area (Å²) in [6, 6.07) is 8.59. The largest absolute Gasteiger partial charge is 0.358 e. The maximum absolute atomic E-state index is 5.70. The lowest BCUT2D eigenvalue weighted by Crippen LogP contribution is -1.96. The van der Waals surface area contributed by atoms with E-state index in [1.54, 1.807) is 0 Å². The Labute approximate surface area is 83.1 Å². The smallest absolute Gasteiger partial charge is 0.0501 e. The molecule has 0 radical (unpaired) electrons. The first-order valence-electron chi connectivity index (χ1n) is 5.19. The predicted octanol–water partition coefficient (Wildman–Crippen LogP) is 2.50. The van der Waals surface area contributed by atoms with Crippen molar-refractivity contribution in [1.82, 2.24) is 4.98 Å². The SMILES string of the molecule is NCc1cccc2cc(C3CC3)[nH]c12. The van der Waals surface area contributed by atoms with Gasteiger partial charge in [-0.25, -0.2) is 0 Å². The fourth-order valence-corrected chi connectivity index (χ4v) is 2.03. The van der Waals surface area contributed by atoms with Crippen LogP contribution >= 0.6 is 0 Å². The molecule has 1 aliphatic carbocycles. The third-order valence-electron chi connectivity index (χ3n) is 3.00. The molecule has 0 bridgehead atoms. The van der Waals surface area contributed by atoms with Crippen LogP contribution in [0, 0.1) is 0 Å². The molecule has 1 aromatic heterocycles. The minimum absolute atomic E-state index is 0.613. The summed E-state index contributed by atoms with van der Waals surface area (Å²) in [4.78, 5) is 3.50. The van der Waals surface area contributed by atoms with E-state index in [4.69, 9.17) is 5.73 Å². The number of benzene rings is 1. The lowest BCUT2D eigenvalue weighted by atomic mass is 10.1. The summed E-state index contributed by atoms with van der Waals surface area (Å²) >= 11 is 0. The number of aromatic nitrogens is 1. The lowest BCUT2D eigenvalue weighted by molar-refractivity contribution is 1.04. The summed E-state index contributed by atoms with van der Waals surface area (Å²) in [5, 5.41) is 1.30. The fraction of sp³-hybridized carbons (Fsp3) is 0.333. The van der Waals surface area contributed by atoms with Crippen LogP contribution in [0.1, 0.15) is 30.0 Å². The zero-order valence-corrected chi connectivity index (χ0v) is 8.09. The van der Waals surface area contributed by atoms with Crippen molar-refractivity contribution < 1.29 is 0 Å². The normalized spacial score (nSPS) is 16.4. The number of hydrogen-bond acceptors (Lipinski definition) is 1. The van der Waals surface area contributed by atoms with E-state index in [1.807, 2.05) is 0 Å². The zero-order valence-electron chi connectivity index (χ0n) is 8.09. The molecule has 1 aliphatic rings. The second-order valence-corrected chi connectivity index (χ2v) is 4.08. The Morgan fingerprint density at radius 2 is 2.21 bits per heavy atom. The summed E-state index contributed by atoms with van der Waals surface area (Å²) in [5.41, 5.74) is 9.54. The number of H-pyrrole nitrogens is 1. The van der Waals surface area contributed by atoms with Crippen LogP contribution in [0.4, 0.5) is 0 Å². The van der Waals surface area contributed by atoms with Gasteiger partial charge < -0.3 is 10.7 Å². The molecular weight excluding hydrogens is 172 g/mol. The molecule has 2 nitrogen and oxygen atoms in total. The van der Waals surface area contributed by atoms with Crippen LogP contribution in [0.25, 0.3) is 10.9 Å². The average Bonchev–Trinajstić information content (AvgIpc) is 2.97. The van der Waals surface area contributed by atoms with Crippen LogP contribution in [0.2, 0.25) is 0 Å². The van der Waals surface area contributed by atoms with E-state index < -0.39 is 0 Å². The van der Waals surface area contributed by atoms with Gasteiger partial charge in [0.2, 0.25) is 0 Å². The van der Waals surface area contributed by atoms with Crippen molar-refractivity contribution in [1.29, 1.82) is 0 Å². The highest BCUT2D eigenvalue weighted by molar-refractivity contribution is 5.83. The maximum Gasteiger partial charge on any atom is 0.0501 e. The van der Waals surface area contributed by atoms with Gasteiger partial charge in [0.25, 0.3) is 0 Å². The van der Waals surface area contributed by atoms with Crippen LogP contribution in [-0.2, 0) is 6.54 Å². The molecule has 14 heavy (non-hydrogen) atoms. The van der Waals surface area contributed by atoms with Crippen molar-refractivity contribution in [3.63, 3.8) is 0 Å². The predicted molar refractivity (Wildman–Crippen MR) is 58.2 cm³/mol. The van der Waals surface area contributed by atoms with E-state index in [0.29, 0.717) is 6.54 Å². The van der Waals surface area contributed by atoms with Crippen molar-refractivity contribution >= 4 is 10.9 Å². The minimum Gasteiger partial charge on any atom is -0.358 e. The summed E-state index contributed by atoms with van der Waals surface area (Å²) in [6.45, 7) is 0.613. The average molecular weight is 186 g/mol. The minimum atomic E-state index is 0.613. The summed E-state index contributed by atoms with van der Waals surface area (Å²) in [7, 11) is 0. The van der Waals surface area contributed by atoms with Crippen LogP contribution in [0.3, 0.4) is 0 Å². The van der Waals surface area contributed by atoms with Gasteiger partial charge in [0.05, 0.1) is 5.52 Å². The number of nitrogens with two attached hydrogens (primary N) is 1. The Balaban J connectivity index is 2.20. The first-order valence-corrected chi connectivity index (χ1v) is 5.19. The van der Waals surface area contributed by atoms with Crippen LogP contribution < -0.4 is 5.73 Å². The van der Waals surface area contributed by atoms with Gasteiger partial charge in [0, 0.05) is 12.2 Å². The first kappa shape index (κ1) is 8.06. The lowest BCUT2D eigenvalue weighted by Gasteiger charge is -1.97. The zero-order chi connectivity index (χ0) is 9.54. The number of nitrogens with one attached hydrogen (secondary N) is 1. The molecule has 1 saturated carbocycles. The molecule has 0 amide bonds. The van der Waals surface area contributed by atoms with Gasteiger partial charge in [-0.1, -0.05) is 18.2 Å². The molecule has 2 heteroatoms. The van der Waals surface area contributed by atoms with Crippen LogP contribution in [0.5, 0.6) is 0 Å². The molecule has 1 aromatic carbocycles. The fourth-order valence-electron chi connectivity index (χ4n) is 2.03. The highest BCUT2D eigenvalue weighted by atomic mass is 14.7. The van der Waals surface area contributed by atoms with Crippen molar-refractivity contribution in [2.75, 3.05) is 0 Å². The van der Waals surface area contributed by atoms with E-state index in [2.05, 4.69) is 29.2 Å². The number of fused-ring (bicyclic) bond motifs is 1. The molecule has 3 N–H and O–H groups in total. The van der Waals surface area contributed by atoms with Crippen LogP contribution in [-0.4, -0.2) is 4.98 Å². The van der Waals surface area contributed by atoms with Gasteiger partial charge >= 0.3 is 0 Å². The molecular formula is C12H14N2. The summed E-state index contributed by atoms with van der Waals surface area (Å²) < 4.78 is 0. The molecule has 1 fully saturated rings. The molecule has 2 aromatic rings. The number of rotatable bonds is 2. The highest BCUT2D eigenvalue weighted by Crippen LogP contribution is 2.40. The molecule has 1 heterocycles. The van der Waals surface area contributed by atoms with Gasteiger partial charge in [-0.15, -0.1) is 0 Å². The second-order valence-electron chi connectivity index (χ2n) is 4.08. The third-order valence-corrected chi connectivity index (χ3v) is 3.00. The van der Waals surface area contributed by atoms with E-state index in [1.165, 1.54) is 35.0 Å². The molecule has 0 saturated heterocycles. The van der Waals surface area contributed by atoms with Crippen LogP contribution in [0.15, 0.2) is 24.3 Å². The topological polar surface area (TPSA) is 41.8 Å². The van der Waals surface area contributed by atoms with Crippen molar-refractivity contribution in [3.8, 4) is 0 Å². The number of hydrogen-bond donors (Lipinski definition) is 2. The van der Waals surface area contributed by atoms with E-state index in [9.17, 15) is 0 Å². The summed E-state index contributed by atoms with van der Waals surface area (Å²) in [6.07, 6.45) is 2.68. The first-order chi connectivity index (χ1) is 6.88. The maximum atomic E-state index is 5.70. The molecule has 0 spiro atoms. The monoisotopic (exact) mass is 186 g/mol. The Morgan fingerprint density at radius 1 is 1.36 bits per heavy atom.